The predicted octanol–water partition coefficient (Wildman–Crippen LogP) is 3.61. The second kappa shape index (κ2) is 9.34. The van der Waals surface area contributed by atoms with E-state index in [1.807, 2.05) is 13.8 Å². The Labute approximate surface area is 179 Å². The molecule has 0 aliphatic rings. The van der Waals surface area contributed by atoms with Gasteiger partial charge in [0.2, 0.25) is 0 Å². The Morgan fingerprint density at radius 2 is 1.30 bits per heavy atom. The first-order valence-corrected chi connectivity index (χ1v) is 10.4. The first kappa shape index (κ1) is 23.5. The molecule has 0 saturated heterocycles. The standard InChI is InChI=1S/C23H36N4O3/c1-5-13(6-2)7-16(28)12-30-22-19(26)10-15(11-20(22)27)23(3,4)14-8-17(24)21(29)18(25)9-14/h8-11,13,16,28-29H,5-7,12,24-27H2,1-4H3. The van der Waals surface area contributed by atoms with Gasteiger partial charge in [0.15, 0.2) is 11.5 Å². The maximum atomic E-state index is 10.3. The summed E-state index contributed by atoms with van der Waals surface area (Å²) in [5, 5.41) is 20.1. The van der Waals surface area contributed by atoms with E-state index in [2.05, 4.69) is 13.8 Å². The number of phenols is 1. The van der Waals surface area contributed by atoms with Crippen molar-refractivity contribution in [3.8, 4) is 11.5 Å². The molecule has 1 unspecified atom stereocenters. The molecule has 0 aromatic heterocycles. The van der Waals surface area contributed by atoms with Crippen LogP contribution in [-0.2, 0) is 5.41 Å². The number of hydrogen-bond donors (Lipinski definition) is 6. The molecule has 0 aliphatic carbocycles. The van der Waals surface area contributed by atoms with E-state index in [0.29, 0.717) is 29.5 Å². The molecule has 0 fully saturated rings. The van der Waals surface area contributed by atoms with Gasteiger partial charge < -0.3 is 37.9 Å². The highest BCUT2D eigenvalue weighted by atomic mass is 16.5. The molecule has 0 aliphatic heterocycles. The number of aliphatic hydroxyl groups is 1. The lowest BCUT2D eigenvalue weighted by Crippen LogP contribution is -2.23. The minimum absolute atomic E-state index is 0.121. The van der Waals surface area contributed by atoms with Crippen LogP contribution in [0, 0.1) is 5.92 Å². The maximum absolute atomic E-state index is 10.3. The molecule has 0 bridgehead atoms. The van der Waals surface area contributed by atoms with Crippen LogP contribution in [0.2, 0.25) is 0 Å². The van der Waals surface area contributed by atoms with Gasteiger partial charge in [-0.15, -0.1) is 0 Å². The molecule has 0 heterocycles. The highest BCUT2D eigenvalue weighted by Crippen LogP contribution is 2.41. The van der Waals surface area contributed by atoms with Gasteiger partial charge in [-0.25, -0.2) is 0 Å². The lowest BCUT2D eigenvalue weighted by Gasteiger charge is -2.28. The van der Waals surface area contributed by atoms with Gasteiger partial charge in [0, 0.05) is 5.41 Å². The first-order valence-electron chi connectivity index (χ1n) is 10.4. The van der Waals surface area contributed by atoms with Crippen molar-refractivity contribution in [3.05, 3.63) is 35.4 Å². The second-order valence-electron chi connectivity index (χ2n) is 8.50. The monoisotopic (exact) mass is 416 g/mol. The van der Waals surface area contributed by atoms with E-state index >= 15 is 0 Å². The fourth-order valence-electron chi connectivity index (χ4n) is 3.66. The molecule has 7 nitrogen and oxygen atoms in total. The zero-order valence-corrected chi connectivity index (χ0v) is 18.4. The molecule has 1 atom stereocenters. The third kappa shape index (κ3) is 5.02. The van der Waals surface area contributed by atoms with Crippen molar-refractivity contribution in [2.45, 2.75) is 58.5 Å². The van der Waals surface area contributed by atoms with Crippen molar-refractivity contribution >= 4 is 22.7 Å². The minimum Gasteiger partial charge on any atom is -0.504 e. The summed E-state index contributed by atoms with van der Waals surface area (Å²) < 4.78 is 5.77. The van der Waals surface area contributed by atoms with Gasteiger partial charge in [-0.05, 0) is 47.7 Å². The van der Waals surface area contributed by atoms with Gasteiger partial charge in [-0.3, -0.25) is 0 Å². The van der Waals surface area contributed by atoms with Crippen LogP contribution in [0.1, 0.15) is 58.1 Å². The van der Waals surface area contributed by atoms with Crippen LogP contribution in [-0.4, -0.2) is 22.9 Å². The van der Waals surface area contributed by atoms with Crippen LogP contribution in [0.3, 0.4) is 0 Å². The van der Waals surface area contributed by atoms with Crippen molar-refractivity contribution in [1.82, 2.24) is 0 Å². The molecule has 10 N–H and O–H groups in total. The summed E-state index contributed by atoms with van der Waals surface area (Å²) in [7, 11) is 0. The Morgan fingerprint density at radius 3 is 1.73 bits per heavy atom. The number of hydrogen-bond acceptors (Lipinski definition) is 7. The molecule has 30 heavy (non-hydrogen) atoms. The van der Waals surface area contributed by atoms with E-state index in [0.717, 1.165) is 24.0 Å². The largest absolute Gasteiger partial charge is 0.504 e. The number of phenolic OH excluding ortho intramolecular Hbond substituents is 1. The van der Waals surface area contributed by atoms with Gasteiger partial charge in [0.25, 0.3) is 0 Å². The van der Waals surface area contributed by atoms with Crippen LogP contribution >= 0.6 is 0 Å². The zero-order valence-electron chi connectivity index (χ0n) is 18.4. The summed E-state index contributed by atoms with van der Waals surface area (Å²) in [4.78, 5) is 0. The van der Waals surface area contributed by atoms with E-state index in [9.17, 15) is 10.2 Å². The average molecular weight is 417 g/mol. The minimum atomic E-state index is -0.576. The summed E-state index contributed by atoms with van der Waals surface area (Å²) in [6.45, 7) is 8.36. The number of rotatable bonds is 9. The fourth-order valence-corrected chi connectivity index (χ4v) is 3.66. The molecule has 2 aromatic carbocycles. The zero-order chi connectivity index (χ0) is 22.6. The maximum Gasteiger partial charge on any atom is 0.165 e. The van der Waals surface area contributed by atoms with E-state index < -0.39 is 11.5 Å². The van der Waals surface area contributed by atoms with E-state index in [1.165, 1.54) is 0 Å². The third-order valence-electron chi connectivity index (χ3n) is 5.94. The molecular formula is C23H36N4O3. The predicted molar refractivity (Wildman–Crippen MR) is 125 cm³/mol. The molecule has 2 aromatic rings. The lowest BCUT2D eigenvalue weighted by molar-refractivity contribution is 0.0840. The third-order valence-corrected chi connectivity index (χ3v) is 5.94. The molecule has 166 valence electrons. The van der Waals surface area contributed by atoms with Crippen molar-refractivity contribution in [2.24, 2.45) is 5.92 Å². The Bertz CT molecular complexity index is 833. The van der Waals surface area contributed by atoms with E-state index in [4.69, 9.17) is 27.7 Å². The SMILES string of the molecule is CCC(CC)CC(O)COc1c(N)cc(C(C)(C)c2cc(N)c(O)c(N)c2)cc1N. The molecule has 0 amide bonds. The van der Waals surface area contributed by atoms with Crippen LogP contribution < -0.4 is 27.7 Å². The number of aromatic hydroxyl groups is 1. The van der Waals surface area contributed by atoms with Gasteiger partial charge in [0.1, 0.15) is 6.61 Å². The highest BCUT2D eigenvalue weighted by Gasteiger charge is 2.27. The summed E-state index contributed by atoms with van der Waals surface area (Å²) in [6, 6.07) is 6.99. The number of nitrogen functional groups attached to an aromatic ring is 4. The van der Waals surface area contributed by atoms with Gasteiger partial charge in [-0.2, -0.15) is 0 Å². The Balaban J connectivity index is 2.25. The normalized spacial score (nSPS) is 12.9. The van der Waals surface area contributed by atoms with E-state index in [-0.39, 0.29) is 23.7 Å². The van der Waals surface area contributed by atoms with Crippen molar-refractivity contribution in [2.75, 3.05) is 29.5 Å². The molecule has 2 rings (SSSR count). The molecular weight excluding hydrogens is 380 g/mol. The summed E-state index contributed by atoms with van der Waals surface area (Å²) >= 11 is 0. The Morgan fingerprint density at radius 1 is 0.867 bits per heavy atom. The highest BCUT2D eigenvalue weighted by molar-refractivity contribution is 5.72. The summed E-state index contributed by atoms with van der Waals surface area (Å²) in [5.41, 5.74) is 26.6. The number of anilines is 4. The lowest BCUT2D eigenvalue weighted by atomic mass is 9.77. The Kier molecular flexibility index (Phi) is 7.31. The Hall–Kier alpha value is -2.80. The van der Waals surface area contributed by atoms with Gasteiger partial charge >= 0.3 is 0 Å². The summed E-state index contributed by atoms with van der Waals surface area (Å²) in [6.07, 6.45) is 2.15. The topological polar surface area (TPSA) is 154 Å². The smallest absolute Gasteiger partial charge is 0.165 e. The number of ether oxygens (including phenoxy) is 1. The molecule has 0 saturated carbocycles. The first-order chi connectivity index (χ1) is 14.0. The number of nitrogens with two attached hydrogens (primary N) is 4. The van der Waals surface area contributed by atoms with E-state index in [1.54, 1.807) is 24.3 Å². The van der Waals surface area contributed by atoms with Crippen LogP contribution in [0.15, 0.2) is 24.3 Å². The van der Waals surface area contributed by atoms with Crippen LogP contribution in [0.4, 0.5) is 22.7 Å². The quantitative estimate of drug-likeness (QED) is 0.269. The fraction of sp³-hybridized carbons (Fsp3) is 0.478. The second-order valence-corrected chi connectivity index (χ2v) is 8.50. The molecule has 7 heteroatoms. The van der Waals surface area contributed by atoms with Gasteiger partial charge in [0.05, 0.1) is 28.9 Å². The number of benzene rings is 2. The van der Waals surface area contributed by atoms with Crippen molar-refractivity contribution in [1.29, 1.82) is 0 Å². The number of aliphatic hydroxyl groups excluding tert-OH is 1. The van der Waals surface area contributed by atoms with Crippen molar-refractivity contribution in [3.63, 3.8) is 0 Å². The van der Waals surface area contributed by atoms with Gasteiger partial charge in [-0.1, -0.05) is 40.5 Å². The average Bonchev–Trinajstić information content (AvgIpc) is 2.68. The van der Waals surface area contributed by atoms with Crippen LogP contribution in [0.25, 0.3) is 0 Å². The van der Waals surface area contributed by atoms with Crippen molar-refractivity contribution < 1.29 is 14.9 Å². The van der Waals surface area contributed by atoms with Crippen LogP contribution in [0.5, 0.6) is 11.5 Å². The summed E-state index contributed by atoms with van der Waals surface area (Å²) in [5.74, 6) is 0.721. The molecule has 0 spiro atoms. The molecule has 0 radical (unpaired) electrons.